The van der Waals surface area contributed by atoms with Gasteiger partial charge in [-0.05, 0) is 12.0 Å². The number of ether oxygens (including phenoxy) is 1. The Morgan fingerprint density at radius 3 is 2.73 bits per heavy atom. The van der Waals surface area contributed by atoms with Gasteiger partial charge >= 0.3 is 0 Å². The molecule has 0 saturated heterocycles. The van der Waals surface area contributed by atoms with Gasteiger partial charge in [0.05, 0.1) is 7.11 Å². The van der Waals surface area contributed by atoms with Crippen LogP contribution in [0.5, 0.6) is 5.88 Å². The summed E-state index contributed by atoms with van der Waals surface area (Å²) < 4.78 is 5.02. The molecule has 0 aromatic carbocycles. The molecule has 82 valence electrons. The number of nitrogens with zero attached hydrogens (tertiary/aromatic N) is 2. The monoisotopic (exact) mass is 206 g/mol. The minimum Gasteiger partial charge on any atom is -0.481 e. The van der Waals surface area contributed by atoms with Crippen LogP contribution in [0.3, 0.4) is 0 Å². The molecule has 2 rings (SSSR count). The molecule has 1 aliphatic rings. The Bertz CT molecular complexity index is 426. The van der Waals surface area contributed by atoms with E-state index in [-0.39, 0.29) is 0 Å². The summed E-state index contributed by atoms with van der Waals surface area (Å²) in [5.41, 5.74) is 0.803. The molecule has 1 aliphatic heterocycles. The van der Waals surface area contributed by atoms with Crippen LogP contribution in [0.15, 0.2) is 17.1 Å². The standard InChI is InChI=1S/C10H12N2O.C2H6/c1-7-5-8-3-4-9(13-2)12-10(8)11-6-7;1-2/h3-5,7H,6H2,1-2H3;1-2H3. The number of fused-ring (bicyclic) bond motifs is 1. The molecule has 0 fully saturated rings. The lowest BCUT2D eigenvalue weighted by Crippen LogP contribution is -2.33. The molecule has 3 nitrogen and oxygen atoms in total. The SMILES string of the molecule is CC.COc1ccc2c(n1)=NCC(C)C=2. The molecule has 0 spiro atoms. The van der Waals surface area contributed by atoms with Crippen LogP contribution >= 0.6 is 0 Å². The first-order valence-electron chi connectivity index (χ1n) is 5.37. The first kappa shape index (κ1) is 11.7. The summed E-state index contributed by atoms with van der Waals surface area (Å²) >= 11 is 0. The van der Waals surface area contributed by atoms with Gasteiger partial charge in [-0.1, -0.05) is 26.8 Å². The highest BCUT2D eigenvalue weighted by molar-refractivity contribution is 5.28. The van der Waals surface area contributed by atoms with Gasteiger partial charge in [0.15, 0.2) is 5.49 Å². The molecule has 3 heteroatoms. The van der Waals surface area contributed by atoms with Crippen molar-refractivity contribution in [3.05, 3.63) is 22.8 Å². The van der Waals surface area contributed by atoms with Crippen LogP contribution in [0.25, 0.3) is 6.08 Å². The number of rotatable bonds is 1. The number of methoxy groups -OCH3 is 1. The van der Waals surface area contributed by atoms with Crippen molar-refractivity contribution in [2.24, 2.45) is 10.9 Å². The molecule has 0 radical (unpaired) electrons. The van der Waals surface area contributed by atoms with E-state index >= 15 is 0 Å². The average molecular weight is 206 g/mol. The summed E-state index contributed by atoms with van der Waals surface area (Å²) in [6.07, 6.45) is 2.19. The Labute approximate surface area is 90.5 Å². The molecule has 2 heterocycles. The molecule has 1 atom stereocenters. The first-order chi connectivity index (χ1) is 7.29. The van der Waals surface area contributed by atoms with Crippen molar-refractivity contribution in [3.63, 3.8) is 0 Å². The summed E-state index contributed by atoms with van der Waals surface area (Å²) in [5, 5.41) is 1.11. The van der Waals surface area contributed by atoms with E-state index in [0.29, 0.717) is 11.8 Å². The number of hydrogen-bond donors (Lipinski definition) is 0. The Morgan fingerprint density at radius 1 is 1.33 bits per heavy atom. The van der Waals surface area contributed by atoms with E-state index < -0.39 is 0 Å². The normalized spacial score (nSPS) is 17.5. The molecule has 15 heavy (non-hydrogen) atoms. The van der Waals surface area contributed by atoms with Crippen LogP contribution in [0.1, 0.15) is 20.8 Å². The molecule has 1 aromatic rings. The molecule has 0 aliphatic carbocycles. The van der Waals surface area contributed by atoms with Crippen molar-refractivity contribution >= 4 is 6.08 Å². The summed E-state index contributed by atoms with van der Waals surface area (Å²) in [4.78, 5) is 8.61. The van der Waals surface area contributed by atoms with E-state index in [0.717, 1.165) is 17.3 Å². The van der Waals surface area contributed by atoms with Crippen LogP contribution in [-0.2, 0) is 0 Å². The quantitative estimate of drug-likeness (QED) is 0.691. The molecular formula is C12H18N2O. The maximum absolute atomic E-state index is 5.02. The molecular weight excluding hydrogens is 188 g/mol. The predicted octanol–water partition coefficient (Wildman–Crippen LogP) is 1.17. The second kappa shape index (κ2) is 5.49. The van der Waals surface area contributed by atoms with Crippen LogP contribution in [0.4, 0.5) is 0 Å². The van der Waals surface area contributed by atoms with Crippen molar-refractivity contribution in [2.75, 3.05) is 13.7 Å². The van der Waals surface area contributed by atoms with Crippen LogP contribution in [0, 0.1) is 5.92 Å². The highest BCUT2D eigenvalue weighted by Crippen LogP contribution is 2.01. The van der Waals surface area contributed by atoms with Gasteiger partial charge in [0.2, 0.25) is 5.88 Å². The fourth-order valence-electron chi connectivity index (χ4n) is 1.40. The average Bonchev–Trinajstić information content (AvgIpc) is 2.31. The second-order valence-corrected chi connectivity index (χ2v) is 3.25. The lowest BCUT2D eigenvalue weighted by Gasteiger charge is -2.06. The number of aromatic nitrogens is 1. The minimum atomic E-state index is 0.516. The van der Waals surface area contributed by atoms with E-state index in [2.05, 4.69) is 23.0 Å². The summed E-state index contributed by atoms with van der Waals surface area (Å²) in [6.45, 7) is 6.98. The molecule has 0 saturated carbocycles. The van der Waals surface area contributed by atoms with E-state index in [1.807, 2.05) is 26.0 Å². The fourth-order valence-corrected chi connectivity index (χ4v) is 1.40. The topological polar surface area (TPSA) is 34.5 Å². The van der Waals surface area contributed by atoms with E-state index in [4.69, 9.17) is 4.74 Å². The van der Waals surface area contributed by atoms with Gasteiger partial charge < -0.3 is 4.74 Å². The van der Waals surface area contributed by atoms with Crippen LogP contribution in [-0.4, -0.2) is 18.6 Å². The largest absolute Gasteiger partial charge is 0.481 e. The minimum absolute atomic E-state index is 0.516. The van der Waals surface area contributed by atoms with Crippen LogP contribution < -0.4 is 15.4 Å². The third kappa shape index (κ3) is 2.78. The van der Waals surface area contributed by atoms with E-state index in [1.54, 1.807) is 7.11 Å². The Hall–Kier alpha value is -1.38. The fraction of sp³-hybridized carbons (Fsp3) is 0.500. The lowest BCUT2D eigenvalue weighted by atomic mass is 10.1. The van der Waals surface area contributed by atoms with Gasteiger partial charge in [-0.15, -0.1) is 0 Å². The molecule has 0 N–H and O–H groups in total. The molecule has 1 aromatic heterocycles. The van der Waals surface area contributed by atoms with Gasteiger partial charge in [0.1, 0.15) is 0 Å². The predicted molar refractivity (Wildman–Crippen MR) is 61.4 cm³/mol. The van der Waals surface area contributed by atoms with Crippen molar-refractivity contribution < 1.29 is 4.74 Å². The maximum atomic E-state index is 5.02. The van der Waals surface area contributed by atoms with Crippen molar-refractivity contribution in [3.8, 4) is 5.88 Å². The zero-order chi connectivity index (χ0) is 11.3. The highest BCUT2D eigenvalue weighted by Gasteiger charge is 2.03. The Kier molecular flexibility index (Phi) is 4.28. The third-order valence-electron chi connectivity index (χ3n) is 2.08. The van der Waals surface area contributed by atoms with Gasteiger partial charge in [-0.25, -0.2) is 0 Å². The highest BCUT2D eigenvalue weighted by atomic mass is 16.5. The maximum Gasteiger partial charge on any atom is 0.214 e. The summed E-state index contributed by atoms with van der Waals surface area (Å²) in [7, 11) is 1.61. The van der Waals surface area contributed by atoms with Crippen LogP contribution in [0.2, 0.25) is 0 Å². The molecule has 0 amide bonds. The first-order valence-corrected chi connectivity index (χ1v) is 5.37. The van der Waals surface area contributed by atoms with Gasteiger partial charge in [-0.2, -0.15) is 4.98 Å². The number of hydrogen-bond acceptors (Lipinski definition) is 3. The van der Waals surface area contributed by atoms with E-state index in [9.17, 15) is 0 Å². The van der Waals surface area contributed by atoms with Crippen molar-refractivity contribution in [2.45, 2.75) is 20.8 Å². The van der Waals surface area contributed by atoms with E-state index in [1.165, 1.54) is 0 Å². The Morgan fingerprint density at radius 2 is 2.07 bits per heavy atom. The second-order valence-electron chi connectivity index (χ2n) is 3.25. The Balaban J connectivity index is 0.000000531. The summed E-state index contributed by atoms with van der Waals surface area (Å²) in [6, 6.07) is 3.86. The molecule has 0 bridgehead atoms. The summed E-state index contributed by atoms with van der Waals surface area (Å²) in [5.74, 6) is 1.15. The number of pyridine rings is 1. The van der Waals surface area contributed by atoms with Crippen molar-refractivity contribution in [1.29, 1.82) is 0 Å². The zero-order valence-electron chi connectivity index (χ0n) is 9.82. The third-order valence-corrected chi connectivity index (χ3v) is 2.08. The smallest absolute Gasteiger partial charge is 0.214 e. The molecule has 1 unspecified atom stereocenters. The zero-order valence-corrected chi connectivity index (χ0v) is 9.82. The van der Waals surface area contributed by atoms with Gasteiger partial charge in [0.25, 0.3) is 0 Å². The lowest BCUT2D eigenvalue weighted by molar-refractivity contribution is 0.395. The van der Waals surface area contributed by atoms with Crippen molar-refractivity contribution in [1.82, 2.24) is 4.98 Å². The van der Waals surface area contributed by atoms with Gasteiger partial charge in [0, 0.05) is 17.8 Å². The van der Waals surface area contributed by atoms with Gasteiger partial charge in [-0.3, -0.25) is 4.99 Å².